The maximum Gasteiger partial charge on any atom is 0.354 e. The molecule has 6 heteroatoms. The van der Waals surface area contributed by atoms with Crippen LogP contribution in [0, 0.1) is 5.92 Å². The van der Waals surface area contributed by atoms with Crippen molar-refractivity contribution < 1.29 is 19.1 Å². The number of aryl methyl sites for hydroxylation is 1. The third-order valence-corrected chi connectivity index (χ3v) is 4.71. The van der Waals surface area contributed by atoms with Crippen LogP contribution in [0.5, 0.6) is 0 Å². The van der Waals surface area contributed by atoms with E-state index < -0.39 is 5.97 Å². The van der Waals surface area contributed by atoms with Gasteiger partial charge in [-0.05, 0) is 43.0 Å². The molecule has 0 aromatic carbocycles. The highest BCUT2D eigenvalue weighted by molar-refractivity contribution is 5.95. The van der Waals surface area contributed by atoms with E-state index in [4.69, 9.17) is 9.52 Å². The van der Waals surface area contributed by atoms with Gasteiger partial charge in [-0.3, -0.25) is 4.79 Å². The first-order valence-corrected chi connectivity index (χ1v) is 8.58. The maximum absolute atomic E-state index is 12.9. The van der Waals surface area contributed by atoms with Crippen LogP contribution in [0.25, 0.3) is 0 Å². The molecule has 2 atom stereocenters. The van der Waals surface area contributed by atoms with E-state index in [2.05, 4.69) is 11.9 Å². The highest BCUT2D eigenvalue weighted by atomic mass is 16.4. The van der Waals surface area contributed by atoms with Gasteiger partial charge in [-0.15, -0.1) is 0 Å². The SMILES string of the molecule is CCc1ccc(C2CC(C)CCN2C(=O)c2ccc(C(=O)O)nc2)o1. The standard InChI is InChI=1S/C19H22N2O4/c1-3-14-5-7-17(25-14)16-10-12(2)8-9-21(16)18(22)13-4-6-15(19(23)24)20-11-13/h4-7,11-12,16H,3,8-10H2,1-2H3,(H,23,24). The van der Waals surface area contributed by atoms with E-state index in [1.165, 1.54) is 18.3 Å². The lowest BCUT2D eigenvalue weighted by atomic mass is 9.90. The first kappa shape index (κ1) is 17.2. The summed E-state index contributed by atoms with van der Waals surface area (Å²) in [6.07, 6.45) is 3.94. The number of aromatic nitrogens is 1. The molecule has 25 heavy (non-hydrogen) atoms. The zero-order valence-electron chi connectivity index (χ0n) is 14.4. The van der Waals surface area contributed by atoms with Gasteiger partial charge < -0.3 is 14.4 Å². The van der Waals surface area contributed by atoms with E-state index in [1.54, 1.807) is 0 Å². The van der Waals surface area contributed by atoms with Crippen molar-refractivity contribution in [2.75, 3.05) is 6.54 Å². The molecule has 1 aliphatic rings. The van der Waals surface area contributed by atoms with Crippen LogP contribution in [0.15, 0.2) is 34.9 Å². The minimum absolute atomic E-state index is 0.0704. The molecule has 1 N–H and O–H groups in total. The van der Waals surface area contributed by atoms with E-state index in [1.807, 2.05) is 24.0 Å². The van der Waals surface area contributed by atoms with Crippen molar-refractivity contribution in [2.24, 2.45) is 5.92 Å². The average Bonchev–Trinajstić information content (AvgIpc) is 3.10. The van der Waals surface area contributed by atoms with Gasteiger partial charge in [-0.1, -0.05) is 13.8 Å². The molecule has 2 aromatic heterocycles. The first-order chi connectivity index (χ1) is 12.0. The largest absolute Gasteiger partial charge is 0.477 e. The van der Waals surface area contributed by atoms with Gasteiger partial charge in [0.05, 0.1) is 11.6 Å². The molecule has 0 spiro atoms. The van der Waals surface area contributed by atoms with E-state index >= 15 is 0 Å². The van der Waals surface area contributed by atoms with E-state index in [9.17, 15) is 9.59 Å². The van der Waals surface area contributed by atoms with Crippen LogP contribution in [0.4, 0.5) is 0 Å². The van der Waals surface area contributed by atoms with Crippen LogP contribution in [-0.4, -0.2) is 33.4 Å². The molecule has 2 aromatic rings. The Morgan fingerprint density at radius 2 is 2.12 bits per heavy atom. The normalized spacial score (nSPS) is 20.5. The number of hydrogen-bond donors (Lipinski definition) is 1. The van der Waals surface area contributed by atoms with Crippen LogP contribution in [0.2, 0.25) is 0 Å². The second-order valence-electron chi connectivity index (χ2n) is 6.54. The topological polar surface area (TPSA) is 83.6 Å². The molecule has 3 rings (SSSR count). The molecule has 0 bridgehead atoms. The highest BCUT2D eigenvalue weighted by Crippen LogP contribution is 2.35. The Hall–Kier alpha value is -2.63. The maximum atomic E-state index is 12.9. The zero-order valence-corrected chi connectivity index (χ0v) is 14.4. The van der Waals surface area contributed by atoms with Gasteiger partial charge in [-0.2, -0.15) is 0 Å². The molecule has 0 saturated carbocycles. The number of aromatic carboxylic acids is 1. The number of rotatable bonds is 4. The van der Waals surface area contributed by atoms with Crippen LogP contribution in [-0.2, 0) is 6.42 Å². The van der Waals surface area contributed by atoms with Crippen LogP contribution >= 0.6 is 0 Å². The predicted octanol–water partition coefficient (Wildman–Crippen LogP) is 3.55. The third kappa shape index (κ3) is 3.57. The van der Waals surface area contributed by atoms with Gasteiger partial charge >= 0.3 is 5.97 Å². The van der Waals surface area contributed by atoms with Crippen molar-refractivity contribution >= 4 is 11.9 Å². The Kier molecular flexibility index (Phi) is 4.88. The van der Waals surface area contributed by atoms with Crippen molar-refractivity contribution in [3.05, 3.63) is 53.2 Å². The summed E-state index contributed by atoms with van der Waals surface area (Å²) in [4.78, 5) is 29.5. The average molecular weight is 342 g/mol. The fourth-order valence-electron chi connectivity index (χ4n) is 3.23. The molecule has 1 saturated heterocycles. The van der Waals surface area contributed by atoms with E-state index in [0.29, 0.717) is 18.0 Å². The molecule has 3 heterocycles. The Morgan fingerprint density at radius 1 is 1.32 bits per heavy atom. The molecule has 132 valence electrons. The molecule has 6 nitrogen and oxygen atoms in total. The van der Waals surface area contributed by atoms with Crippen molar-refractivity contribution in [1.82, 2.24) is 9.88 Å². The lowest BCUT2D eigenvalue weighted by Gasteiger charge is -2.37. The Bertz CT molecular complexity index is 766. The minimum atomic E-state index is -1.11. The van der Waals surface area contributed by atoms with Crippen LogP contribution in [0.1, 0.15) is 65.1 Å². The number of carboxylic acids is 1. The van der Waals surface area contributed by atoms with Gasteiger partial charge in [0.2, 0.25) is 0 Å². The molecule has 1 aliphatic heterocycles. The summed E-state index contributed by atoms with van der Waals surface area (Å²) in [5.74, 6) is 0.985. The summed E-state index contributed by atoms with van der Waals surface area (Å²) in [7, 11) is 0. The lowest BCUT2D eigenvalue weighted by molar-refractivity contribution is 0.0517. The molecule has 0 radical (unpaired) electrons. The smallest absolute Gasteiger partial charge is 0.354 e. The van der Waals surface area contributed by atoms with Gasteiger partial charge in [0, 0.05) is 19.2 Å². The number of nitrogens with zero attached hydrogens (tertiary/aromatic N) is 2. The van der Waals surface area contributed by atoms with Crippen molar-refractivity contribution in [3.8, 4) is 0 Å². The fraction of sp³-hybridized carbons (Fsp3) is 0.421. The first-order valence-electron chi connectivity index (χ1n) is 8.58. The monoisotopic (exact) mass is 342 g/mol. The molecular weight excluding hydrogens is 320 g/mol. The highest BCUT2D eigenvalue weighted by Gasteiger charge is 2.33. The number of pyridine rings is 1. The number of hydrogen-bond acceptors (Lipinski definition) is 4. The number of furan rings is 1. The molecular formula is C19H22N2O4. The second-order valence-corrected chi connectivity index (χ2v) is 6.54. The summed E-state index contributed by atoms with van der Waals surface area (Å²) >= 11 is 0. The third-order valence-electron chi connectivity index (χ3n) is 4.71. The summed E-state index contributed by atoms with van der Waals surface area (Å²) in [6, 6.07) is 6.69. The Labute approximate surface area is 146 Å². The summed E-state index contributed by atoms with van der Waals surface area (Å²) in [5.41, 5.74) is 0.325. The fourth-order valence-corrected chi connectivity index (χ4v) is 3.23. The number of carboxylic acid groups (broad SMARTS) is 1. The van der Waals surface area contributed by atoms with Gasteiger partial charge in [0.1, 0.15) is 17.2 Å². The van der Waals surface area contributed by atoms with Crippen molar-refractivity contribution in [1.29, 1.82) is 0 Å². The van der Waals surface area contributed by atoms with Gasteiger partial charge in [0.25, 0.3) is 5.91 Å². The minimum Gasteiger partial charge on any atom is -0.477 e. The second kappa shape index (κ2) is 7.09. The van der Waals surface area contributed by atoms with E-state index in [0.717, 1.165) is 30.8 Å². The zero-order chi connectivity index (χ0) is 18.0. The molecule has 2 unspecified atom stereocenters. The molecule has 1 fully saturated rings. The quantitative estimate of drug-likeness (QED) is 0.918. The molecule has 0 aliphatic carbocycles. The number of carbonyl (C=O) groups excluding carboxylic acids is 1. The summed E-state index contributed by atoms with van der Waals surface area (Å²) in [5, 5.41) is 8.94. The van der Waals surface area contributed by atoms with Crippen LogP contribution in [0.3, 0.4) is 0 Å². The predicted molar refractivity (Wildman–Crippen MR) is 91.5 cm³/mol. The van der Waals surface area contributed by atoms with Gasteiger partial charge in [0.15, 0.2) is 0 Å². The number of carbonyl (C=O) groups is 2. The number of likely N-dealkylation sites (tertiary alicyclic amines) is 1. The molecule has 1 amide bonds. The van der Waals surface area contributed by atoms with Gasteiger partial charge in [-0.25, -0.2) is 9.78 Å². The summed E-state index contributed by atoms with van der Waals surface area (Å²) < 4.78 is 5.90. The Morgan fingerprint density at radius 3 is 2.72 bits per heavy atom. The lowest BCUT2D eigenvalue weighted by Crippen LogP contribution is -2.40. The number of piperidine rings is 1. The summed E-state index contributed by atoms with van der Waals surface area (Å²) in [6.45, 7) is 4.86. The van der Waals surface area contributed by atoms with E-state index in [-0.39, 0.29) is 17.6 Å². The van der Waals surface area contributed by atoms with Crippen molar-refractivity contribution in [3.63, 3.8) is 0 Å². The van der Waals surface area contributed by atoms with Crippen molar-refractivity contribution in [2.45, 2.75) is 39.2 Å². The van der Waals surface area contributed by atoms with Crippen LogP contribution < -0.4 is 0 Å². The Balaban J connectivity index is 1.86. The number of amides is 1.